The fourth-order valence-corrected chi connectivity index (χ4v) is 2.45. The van der Waals surface area contributed by atoms with Gasteiger partial charge in [0, 0.05) is 22.2 Å². The van der Waals surface area contributed by atoms with Gasteiger partial charge in [-0.3, -0.25) is 10.0 Å². The van der Waals surface area contributed by atoms with Crippen LogP contribution >= 0.6 is 11.9 Å². The number of rotatable bonds is 4. The first-order valence-corrected chi connectivity index (χ1v) is 7.61. The van der Waals surface area contributed by atoms with Gasteiger partial charge in [0.25, 0.3) is 5.91 Å². The molecular weight excluding hydrogens is 296 g/mol. The molecule has 0 saturated heterocycles. The summed E-state index contributed by atoms with van der Waals surface area (Å²) in [6, 6.07) is 7.72. The lowest BCUT2D eigenvalue weighted by Crippen LogP contribution is -2.14. The van der Waals surface area contributed by atoms with Crippen molar-refractivity contribution >= 4 is 23.5 Å². The molecule has 0 saturated carbocycles. The van der Waals surface area contributed by atoms with Gasteiger partial charge in [-0.15, -0.1) is 0 Å². The molecule has 4 nitrogen and oxygen atoms in total. The van der Waals surface area contributed by atoms with Gasteiger partial charge < -0.3 is 4.72 Å². The van der Waals surface area contributed by atoms with Crippen LogP contribution in [0.5, 0.6) is 0 Å². The predicted molar refractivity (Wildman–Crippen MR) is 90.1 cm³/mol. The Labute approximate surface area is 134 Å². The van der Waals surface area contributed by atoms with Crippen LogP contribution in [0.2, 0.25) is 0 Å². The number of anilines is 1. The number of allylic oxidation sites excluding steroid dienone is 4. The summed E-state index contributed by atoms with van der Waals surface area (Å²) in [6.45, 7) is 0. The smallest absolute Gasteiger partial charge is 0.267 e. The first-order valence-electron chi connectivity index (χ1n) is 6.80. The zero-order valence-corrected chi connectivity index (χ0v) is 12.7. The van der Waals surface area contributed by atoms with Crippen LogP contribution in [0.15, 0.2) is 59.6 Å². The molecule has 0 fully saturated rings. The van der Waals surface area contributed by atoms with E-state index in [1.54, 1.807) is 11.9 Å². The molecule has 0 atom stereocenters. The van der Waals surface area contributed by atoms with Crippen molar-refractivity contribution in [1.82, 2.24) is 5.48 Å². The Kier molecular flexibility index (Phi) is 6.37. The Morgan fingerprint density at radius 2 is 2.27 bits per heavy atom. The number of hydrogen-bond donors (Lipinski definition) is 3. The van der Waals surface area contributed by atoms with Crippen molar-refractivity contribution in [3.63, 3.8) is 0 Å². The van der Waals surface area contributed by atoms with Gasteiger partial charge in [-0.05, 0) is 49.1 Å². The molecule has 0 aliphatic heterocycles. The summed E-state index contributed by atoms with van der Waals surface area (Å²) in [5.41, 5.74) is 3.31. The normalized spacial score (nSPS) is 13.2. The van der Waals surface area contributed by atoms with E-state index < -0.39 is 5.91 Å². The second-order valence-electron chi connectivity index (χ2n) is 4.45. The predicted octanol–water partition coefficient (Wildman–Crippen LogP) is 3.39. The Morgan fingerprint density at radius 3 is 3.05 bits per heavy atom. The second kappa shape index (κ2) is 8.78. The molecule has 0 spiro atoms. The molecular formula is C17H16N2O2S. The Bertz CT molecular complexity index is 681. The summed E-state index contributed by atoms with van der Waals surface area (Å²) in [5.74, 6) is 5.06. The average Bonchev–Trinajstić information content (AvgIpc) is 2.58. The van der Waals surface area contributed by atoms with E-state index in [0.717, 1.165) is 30.2 Å². The lowest BCUT2D eigenvalue weighted by molar-refractivity contribution is -0.124. The first-order chi connectivity index (χ1) is 10.8. The van der Waals surface area contributed by atoms with Crippen molar-refractivity contribution in [1.29, 1.82) is 0 Å². The standard InChI is InChI=1S/C17H16N2O2S/c20-17(18-21)12-5-4-7-14-8-6-9-15(13-14)19-22-16-10-2-1-3-11-16/h2,5-6,8-13,19,21H,1,3H2,(H,18,20)/b12-5+. The average molecular weight is 312 g/mol. The number of amides is 1. The zero-order chi connectivity index (χ0) is 15.6. The minimum atomic E-state index is -0.602. The van der Waals surface area contributed by atoms with Gasteiger partial charge in [0.05, 0.1) is 0 Å². The summed E-state index contributed by atoms with van der Waals surface area (Å²) in [5, 5.41) is 8.34. The third kappa shape index (κ3) is 5.52. The number of nitrogens with one attached hydrogen (secondary N) is 2. The van der Waals surface area contributed by atoms with E-state index in [1.165, 1.54) is 16.5 Å². The van der Waals surface area contributed by atoms with Crippen molar-refractivity contribution in [2.75, 3.05) is 4.72 Å². The molecule has 1 aliphatic rings. The molecule has 0 unspecified atom stereocenters. The van der Waals surface area contributed by atoms with Crippen LogP contribution in [0, 0.1) is 11.8 Å². The molecule has 0 bridgehead atoms. The van der Waals surface area contributed by atoms with E-state index >= 15 is 0 Å². The van der Waals surface area contributed by atoms with E-state index in [0.29, 0.717) is 0 Å². The van der Waals surface area contributed by atoms with Gasteiger partial charge in [0.15, 0.2) is 0 Å². The number of carbonyl (C=O) groups is 1. The second-order valence-corrected chi connectivity index (χ2v) is 5.33. The summed E-state index contributed by atoms with van der Waals surface area (Å²) in [4.78, 5) is 12.0. The third-order valence-corrected chi connectivity index (χ3v) is 3.63. The maximum Gasteiger partial charge on any atom is 0.267 e. The highest BCUT2D eigenvalue weighted by Crippen LogP contribution is 2.24. The van der Waals surface area contributed by atoms with Crippen LogP contribution in [-0.2, 0) is 4.79 Å². The molecule has 3 N–H and O–H groups in total. The highest BCUT2D eigenvalue weighted by Gasteiger charge is 1.99. The van der Waals surface area contributed by atoms with Crippen LogP contribution < -0.4 is 10.2 Å². The highest BCUT2D eigenvalue weighted by atomic mass is 32.2. The largest absolute Gasteiger partial charge is 0.326 e. The minimum absolute atomic E-state index is 0.602. The SMILES string of the molecule is O=C(/C=C/C#Cc1cccc(NSC2=CCCC=C2)c1)NO. The number of hydrogen-bond acceptors (Lipinski definition) is 4. The van der Waals surface area contributed by atoms with Crippen LogP contribution in [0.4, 0.5) is 5.69 Å². The monoisotopic (exact) mass is 312 g/mol. The fourth-order valence-electron chi connectivity index (χ4n) is 1.72. The van der Waals surface area contributed by atoms with Crippen molar-refractivity contribution in [3.05, 3.63) is 65.1 Å². The highest BCUT2D eigenvalue weighted by molar-refractivity contribution is 8.04. The third-order valence-electron chi connectivity index (χ3n) is 2.76. The molecule has 22 heavy (non-hydrogen) atoms. The molecule has 1 aromatic carbocycles. The van der Waals surface area contributed by atoms with Crippen LogP contribution in [-0.4, -0.2) is 11.1 Å². The summed E-state index contributed by atoms with van der Waals surface area (Å²) in [6.07, 6.45) is 11.2. The van der Waals surface area contributed by atoms with Crippen LogP contribution in [0.1, 0.15) is 18.4 Å². The van der Waals surface area contributed by atoms with E-state index in [4.69, 9.17) is 5.21 Å². The van der Waals surface area contributed by atoms with Crippen LogP contribution in [0.25, 0.3) is 0 Å². The van der Waals surface area contributed by atoms with E-state index in [9.17, 15) is 4.79 Å². The molecule has 5 heteroatoms. The van der Waals surface area contributed by atoms with E-state index in [1.807, 2.05) is 24.3 Å². The number of hydroxylamine groups is 1. The van der Waals surface area contributed by atoms with Crippen molar-refractivity contribution in [2.24, 2.45) is 0 Å². The van der Waals surface area contributed by atoms with Gasteiger partial charge >= 0.3 is 0 Å². The van der Waals surface area contributed by atoms with E-state index in [-0.39, 0.29) is 0 Å². The molecule has 0 heterocycles. The van der Waals surface area contributed by atoms with Gasteiger partial charge in [-0.1, -0.05) is 36.1 Å². The summed E-state index contributed by atoms with van der Waals surface area (Å²) in [7, 11) is 0. The lowest BCUT2D eigenvalue weighted by atomic mass is 10.2. The van der Waals surface area contributed by atoms with Gasteiger partial charge in [-0.2, -0.15) is 0 Å². The molecule has 112 valence electrons. The lowest BCUT2D eigenvalue weighted by Gasteiger charge is -2.08. The van der Waals surface area contributed by atoms with Crippen molar-refractivity contribution in [3.8, 4) is 11.8 Å². The summed E-state index contributed by atoms with van der Waals surface area (Å²) < 4.78 is 3.29. The molecule has 1 aliphatic carbocycles. The number of benzene rings is 1. The van der Waals surface area contributed by atoms with Gasteiger partial charge in [-0.25, -0.2) is 5.48 Å². The molecule has 2 rings (SSSR count). The van der Waals surface area contributed by atoms with E-state index in [2.05, 4.69) is 34.8 Å². The Morgan fingerprint density at radius 1 is 1.36 bits per heavy atom. The molecule has 1 aromatic rings. The Hall–Kier alpha value is -2.42. The molecule has 0 aromatic heterocycles. The Balaban J connectivity index is 1.93. The minimum Gasteiger partial charge on any atom is -0.326 e. The molecule has 1 amide bonds. The topological polar surface area (TPSA) is 61.4 Å². The quantitative estimate of drug-likeness (QED) is 0.262. The van der Waals surface area contributed by atoms with Crippen LogP contribution in [0.3, 0.4) is 0 Å². The van der Waals surface area contributed by atoms with Crippen molar-refractivity contribution < 1.29 is 10.0 Å². The van der Waals surface area contributed by atoms with Gasteiger partial charge in [0.1, 0.15) is 0 Å². The van der Waals surface area contributed by atoms with Gasteiger partial charge in [0.2, 0.25) is 0 Å². The zero-order valence-electron chi connectivity index (χ0n) is 11.9. The maximum absolute atomic E-state index is 10.8. The fraction of sp³-hybridized carbons (Fsp3) is 0.118. The van der Waals surface area contributed by atoms with Crippen molar-refractivity contribution in [2.45, 2.75) is 12.8 Å². The summed E-state index contributed by atoms with van der Waals surface area (Å²) >= 11 is 1.58. The maximum atomic E-state index is 10.8. The first kappa shape index (κ1) is 16.0. The number of carbonyl (C=O) groups excluding carboxylic acids is 1. The molecule has 0 radical (unpaired) electrons.